The highest BCUT2D eigenvalue weighted by molar-refractivity contribution is 6.56. The van der Waals surface area contributed by atoms with Gasteiger partial charge in [-0.15, -0.1) is 0 Å². The molecule has 0 aliphatic rings. The van der Waals surface area contributed by atoms with Crippen LogP contribution < -0.4 is 0 Å². The summed E-state index contributed by atoms with van der Waals surface area (Å²) >= 11 is 29.7. The molecule has 2 aromatic rings. The molecule has 0 spiro atoms. The Morgan fingerprint density at radius 1 is 0.870 bits per heavy atom. The normalized spacial score (nSPS) is 11.9. The summed E-state index contributed by atoms with van der Waals surface area (Å²) in [7, 11) is 0. The summed E-state index contributed by atoms with van der Waals surface area (Å²) in [5.74, 6) is 0. The molecule has 1 N–H and O–H groups in total. The SMILES string of the molecule is OCc1ccnc(C(F)(F)F)c1-c1c(Cl)c(Cl)c(Cl)c(Cl)c1Cl. The maximum atomic E-state index is 13.3. The van der Waals surface area contributed by atoms with Crippen LogP contribution >= 0.6 is 58.0 Å². The van der Waals surface area contributed by atoms with Gasteiger partial charge in [-0.2, -0.15) is 13.2 Å². The third-order valence-corrected chi connectivity index (χ3v) is 5.21. The Labute approximate surface area is 153 Å². The summed E-state index contributed by atoms with van der Waals surface area (Å²) in [5.41, 5.74) is -2.16. The van der Waals surface area contributed by atoms with E-state index < -0.39 is 24.0 Å². The van der Waals surface area contributed by atoms with Gasteiger partial charge in [-0.1, -0.05) is 58.0 Å². The zero-order chi connectivity index (χ0) is 17.5. The average molecular weight is 425 g/mol. The monoisotopic (exact) mass is 423 g/mol. The first-order valence-electron chi connectivity index (χ1n) is 5.79. The first-order valence-corrected chi connectivity index (χ1v) is 7.68. The average Bonchev–Trinajstić information content (AvgIpc) is 2.50. The molecule has 0 amide bonds. The second kappa shape index (κ2) is 6.82. The number of hydrogen-bond donors (Lipinski definition) is 1. The van der Waals surface area contributed by atoms with E-state index >= 15 is 0 Å². The van der Waals surface area contributed by atoms with E-state index in [1.165, 1.54) is 6.07 Å². The van der Waals surface area contributed by atoms with E-state index in [9.17, 15) is 18.3 Å². The third-order valence-electron chi connectivity index (χ3n) is 2.94. The van der Waals surface area contributed by atoms with Gasteiger partial charge in [0.2, 0.25) is 0 Å². The van der Waals surface area contributed by atoms with Crippen LogP contribution in [0.5, 0.6) is 0 Å². The molecule has 0 saturated carbocycles. The molecule has 124 valence electrons. The van der Waals surface area contributed by atoms with Crippen LogP contribution in [0.1, 0.15) is 11.3 Å². The minimum atomic E-state index is -4.81. The lowest BCUT2D eigenvalue weighted by molar-refractivity contribution is -0.140. The molecule has 1 aromatic heterocycles. The molecule has 2 nitrogen and oxygen atoms in total. The molecule has 0 saturated heterocycles. The largest absolute Gasteiger partial charge is 0.433 e. The van der Waals surface area contributed by atoms with Crippen molar-refractivity contribution in [2.75, 3.05) is 0 Å². The Morgan fingerprint density at radius 3 is 1.78 bits per heavy atom. The minimum absolute atomic E-state index is 0.0921. The van der Waals surface area contributed by atoms with Gasteiger partial charge in [0.25, 0.3) is 0 Å². The van der Waals surface area contributed by atoms with Gasteiger partial charge in [-0.3, -0.25) is 4.98 Å². The van der Waals surface area contributed by atoms with Crippen molar-refractivity contribution in [3.8, 4) is 11.1 Å². The second-order valence-corrected chi connectivity index (χ2v) is 6.18. The number of halogens is 8. The second-order valence-electron chi connectivity index (χ2n) is 4.29. The van der Waals surface area contributed by atoms with E-state index in [-0.39, 0.29) is 36.2 Å². The summed E-state index contributed by atoms with van der Waals surface area (Å²) in [6.45, 7) is -0.703. The molecule has 0 aliphatic heterocycles. The van der Waals surface area contributed by atoms with Crippen molar-refractivity contribution in [2.45, 2.75) is 12.8 Å². The lowest BCUT2D eigenvalue weighted by Crippen LogP contribution is -2.12. The first kappa shape index (κ1) is 18.9. The molecular formula is C13H5Cl5F3NO. The Kier molecular flexibility index (Phi) is 5.61. The molecular weight excluding hydrogens is 420 g/mol. The smallest absolute Gasteiger partial charge is 0.392 e. The van der Waals surface area contributed by atoms with Crippen molar-refractivity contribution in [3.63, 3.8) is 0 Å². The summed E-state index contributed by atoms with van der Waals surface area (Å²) in [5, 5.41) is 8.04. The number of aromatic nitrogens is 1. The zero-order valence-corrected chi connectivity index (χ0v) is 14.6. The number of aliphatic hydroxyl groups excluding tert-OH is 1. The molecule has 0 atom stereocenters. The maximum Gasteiger partial charge on any atom is 0.433 e. The van der Waals surface area contributed by atoms with Gasteiger partial charge < -0.3 is 5.11 Å². The van der Waals surface area contributed by atoms with Gasteiger partial charge in [-0.05, 0) is 11.6 Å². The third kappa shape index (κ3) is 3.36. The van der Waals surface area contributed by atoms with Crippen LogP contribution in [0.2, 0.25) is 25.1 Å². The highest BCUT2D eigenvalue weighted by Gasteiger charge is 2.38. The van der Waals surface area contributed by atoms with Crippen molar-refractivity contribution in [2.24, 2.45) is 0 Å². The number of benzene rings is 1. The maximum absolute atomic E-state index is 13.3. The first-order chi connectivity index (χ1) is 10.6. The van der Waals surface area contributed by atoms with Gasteiger partial charge in [-0.25, -0.2) is 0 Å². The van der Waals surface area contributed by atoms with Gasteiger partial charge >= 0.3 is 6.18 Å². The summed E-state index contributed by atoms with van der Waals surface area (Å²) in [6, 6.07) is 1.20. The van der Waals surface area contributed by atoms with Gasteiger partial charge in [0.05, 0.1) is 31.7 Å². The van der Waals surface area contributed by atoms with Crippen LogP contribution in [0.3, 0.4) is 0 Å². The molecule has 2 rings (SSSR count). The molecule has 23 heavy (non-hydrogen) atoms. The van der Waals surface area contributed by atoms with Crippen molar-refractivity contribution in [1.82, 2.24) is 4.98 Å². The highest BCUT2D eigenvalue weighted by atomic mass is 35.5. The molecule has 0 fully saturated rings. The topological polar surface area (TPSA) is 33.1 Å². The molecule has 10 heteroatoms. The summed E-state index contributed by atoms with van der Waals surface area (Å²) in [6.07, 6.45) is -3.90. The van der Waals surface area contributed by atoms with Crippen LogP contribution in [0.25, 0.3) is 11.1 Å². The molecule has 0 radical (unpaired) electrons. The van der Waals surface area contributed by atoms with Gasteiger partial charge in [0.1, 0.15) is 0 Å². The quantitative estimate of drug-likeness (QED) is 0.439. The van der Waals surface area contributed by atoms with E-state index in [1.54, 1.807) is 0 Å². The Bertz CT molecular complexity index is 750. The molecule has 1 heterocycles. The molecule has 1 aromatic carbocycles. The van der Waals surface area contributed by atoms with Crippen LogP contribution in [0, 0.1) is 0 Å². The van der Waals surface area contributed by atoms with Crippen molar-refractivity contribution < 1.29 is 18.3 Å². The lowest BCUT2D eigenvalue weighted by atomic mass is 9.98. The van der Waals surface area contributed by atoms with E-state index in [0.29, 0.717) is 0 Å². The number of aliphatic hydroxyl groups is 1. The summed E-state index contributed by atoms with van der Waals surface area (Å²) in [4.78, 5) is 3.33. The Morgan fingerprint density at radius 2 is 1.35 bits per heavy atom. The molecule has 0 bridgehead atoms. The van der Waals surface area contributed by atoms with E-state index in [4.69, 9.17) is 58.0 Å². The predicted molar refractivity (Wildman–Crippen MR) is 85.6 cm³/mol. The zero-order valence-electron chi connectivity index (χ0n) is 10.8. The van der Waals surface area contributed by atoms with Gasteiger partial charge in [0, 0.05) is 17.3 Å². The fourth-order valence-electron chi connectivity index (χ4n) is 1.95. The standard InChI is InChI=1S/C13H5Cl5F3NO/c14-7-6(8(15)10(17)11(18)9(7)16)5-4(3-23)1-2-22-12(5)13(19,20)21/h1-2,23H,3H2. The minimum Gasteiger partial charge on any atom is -0.392 e. The number of rotatable bonds is 2. The van der Waals surface area contributed by atoms with E-state index in [0.717, 1.165) is 6.20 Å². The van der Waals surface area contributed by atoms with Crippen LogP contribution in [-0.2, 0) is 12.8 Å². The number of alkyl halides is 3. The number of hydrogen-bond acceptors (Lipinski definition) is 2. The van der Waals surface area contributed by atoms with Crippen LogP contribution in [0.4, 0.5) is 13.2 Å². The fourth-order valence-corrected chi connectivity index (χ4v) is 3.28. The Hall–Kier alpha value is -0.430. The van der Waals surface area contributed by atoms with Gasteiger partial charge in [0.15, 0.2) is 5.69 Å². The Balaban J connectivity index is 2.99. The fraction of sp³-hybridized carbons (Fsp3) is 0.154. The van der Waals surface area contributed by atoms with Crippen molar-refractivity contribution >= 4 is 58.0 Å². The summed E-state index contributed by atoms with van der Waals surface area (Å²) < 4.78 is 39.8. The van der Waals surface area contributed by atoms with Crippen LogP contribution in [0.15, 0.2) is 12.3 Å². The molecule has 0 aliphatic carbocycles. The van der Waals surface area contributed by atoms with E-state index in [2.05, 4.69) is 4.98 Å². The lowest BCUT2D eigenvalue weighted by Gasteiger charge is -2.19. The van der Waals surface area contributed by atoms with E-state index in [1.807, 2.05) is 0 Å². The predicted octanol–water partition coefficient (Wildman–Crippen LogP) is 6.53. The van der Waals surface area contributed by atoms with Crippen molar-refractivity contribution in [3.05, 3.63) is 48.6 Å². The van der Waals surface area contributed by atoms with Crippen LogP contribution in [-0.4, -0.2) is 10.1 Å². The number of pyridine rings is 1. The number of nitrogens with zero attached hydrogens (tertiary/aromatic N) is 1. The molecule has 0 unspecified atom stereocenters. The van der Waals surface area contributed by atoms with Crippen molar-refractivity contribution in [1.29, 1.82) is 0 Å². The highest BCUT2D eigenvalue weighted by Crippen LogP contribution is 2.51.